The van der Waals surface area contributed by atoms with Crippen molar-refractivity contribution < 1.29 is 8.42 Å². The molecule has 0 fully saturated rings. The molecule has 0 radical (unpaired) electrons. The highest BCUT2D eigenvalue weighted by atomic mass is 32.2. The van der Waals surface area contributed by atoms with E-state index in [2.05, 4.69) is 21.5 Å². The number of rotatable bonds is 4. The molecular weight excluding hydrogens is 404 g/mol. The number of anilines is 1. The van der Waals surface area contributed by atoms with Gasteiger partial charge in [-0.15, -0.1) is 0 Å². The molecule has 0 saturated carbocycles. The molecule has 0 spiro atoms. The average Bonchev–Trinajstić information content (AvgIpc) is 2.79. The highest BCUT2D eigenvalue weighted by molar-refractivity contribution is 7.92. The molecule has 0 aliphatic heterocycles. The van der Waals surface area contributed by atoms with Gasteiger partial charge in [0, 0.05) is 23.5 Å². The lowest BCUT2D eigenvalue weighted by Gasteiger charge is -2.11. The van der Waals surface area contributed by atoms with Crippen LogP contribution in [0.15, 0.2) is 102 Å². The maximum atomic E-state index is 13.0. The van der Waals surface area contributed by atoms with Crippen LogP contribution in [0.3, 0.4) is 0 Å². The Labute approximate surface area is 182 Å². The van der Waals surface area contributed by atoms with Crippen molar-refractivity contribution in [1.29, 1.82) is 0 Å². The van der Waals surface area contributed by atoms with Gasteiger partial charge in [-0.25, -0.2) is 8.42 Å². The van der Waals surface area contributed by atoms with Crippen molar-refractivity contribution >= 4 is 15.7 Å². The lowest BCUT2D eigenvalue weighted by atomic mass is 10.0. The van der Waals surface area contributed by atoms with Crippen LogP contribution in [0, 0.1) is 18.8 Å². The Morgan fingerprint density at radius 2 is 1.55 bits per heavy atom. The molecule has 5 heteroatoms. The molecule has 31 heavy (non-hydrogen) atoms. The Balaban J connectivity index is 1.60. The monoisotopic (exact) mass is 424 g/mol. The number of pyridine rings is 1. The van der Waals surface area contributed by atoms with Crippen LogP contribution in [0.1, 0.15) is 16.7 Å². The molecule has 0 amide bonds. The second kappa shape index (κ2) is 8.86. The minimum Gasteiger partial charge on any atom is -0.278 e. The molecule has 4 nitrogen and oxygen atoms in total. The highest BCUT2D eigenvalue weighted by Crippen LogP contribution is 2.25. The van der Waals surface area contributed by atoms with Crippen LogP contribution in [0.4, 0.5) is 5.69 Å². The van der Waals surface area contributed by atoms with Gasteiger partial charge in [-0.1, -0.05) is 60.4 Å². The fraction of sp³-hybridized carbons (Fsp3) is 0.0385. The number of hydrogen-bond acceptors (Lipinski definition) is 3. The number of aryl methyl sites for hydroxylation is 1. The summed E-state index contributed by atoms with van der Waals surface area (Å²) in [6.45, 7) is 2.03. The topological polar surface area (TPSA) is 59.1 Å². The Hall–Kier alpha value is -3.88. The van der Waals surface area contributed by atoms with E-state index in [-0.39, 0.29) is 4.90 Å². The van der Waals surface area contributed by atoms with Gasteiger partial charge < -0.3 is 0 Å². The van der Waals surface area contributed by atoms with Gasteiger partial charge in [0.05, 0.1) is 10.6 Å². The van der Waals surface area contributed by atoms with E-state index in [0.717, 1.165) is 22.3 Å². The van der Waals surface area contributed by atoms with E-state index < -0.39 is 10.0 Å². The SMILES string of the molecule is Cc1ccccc1-c1ccc(S(=O)(=O)Nc2ccccc2C#Cc2cccnc2)cc1. The maximum absolute atomic E-state index is 13.0. The maximum Gasteiger partial charge on any atom is 0.261 e. The molecule has 4 rings (SSSR count). The number of nitrogens with one attached hydrogen (secondary N) is 1. The van der Waals surface area contributed by atoms with Gasteiger partial charge >= 0.3 is 0 Å². The summed E-state index contributed by atoms with van der Waals surface area (Å²) in [7, 11) is -3.76. The highest BCUT2D eigenvalue weighted by Gasteiger charge is 2.16. The van der Waals surface area contributed by atoms with E-state index in [4.69, 9.17) is 0 Å². The molecule has 0 aliphatic rings. The van der Waals surface area contributed by atoms with Crippen molar-refractivity contribution in [2.75, 3.05) is 4.72 Å². The minimum absolute atomic E-state index is 0.194. The summed E-state index contributed by atoms with van der Waals surface area (Å²) in [4.78, 5) is 4.23. The van der Waals surface area contributed by atoms with Gasteiger partial charge in [-0.05, 0) is 60.0 Å². The average molecular weight is 425 g/mol. The first-order valence-corrected chi connectivity index (χ1v) is 11.2. The predicted molar refractivity (Wildman–Crippen MR) is 124 cm³/mol. The van der Waals surface area contributed by atoms with Crippen molar-refractivity contribution in [3.05, 3.63) is 114 Å². The number of nitrogens with zero attached hydrogens (tertiary/aromatic N) is 1. The summed E-state index contributed by atoms with van der Waals surface area (Å²) in [5.74, 6) is 6.03. The smallest absolute Gasteiger partial charge is 0.261 e. The lowest BCUT2D eigenvalue weighted by Crippen LogP contribution is -2.13. The molecule has 0 aliphatic carbocycles. The standard InChI is InChI=1S/C26H20N2O2S/c1-20-7-2-4-10-25(20)22-14-16-24(17-15-22)31(29,30)28-26-11-5-3-9-23(26)13-12-21-8-6-18-27-19-21/h2-11,14-19,28H,1H3. The third kappa shape index (κ3) is 4.82. The first-order chi connectivity index (χ1) is 15.0. The normalized spacial score (nSPS) is 10.7. The zero-order chi connectivity index (χ0) is 21.7. The molecule has 0 atom stereocenters. The fourth-order valence-corrected chi connectivity index (χ4v) is 4.25. The number of aromatic nitrogens is 1. The quantitative estimate of drug-likeness (QED) is 0.455. The molecule has 1 heterocycles. The molecule has 1 N–H and O–H groups in total. The molecule has 4 aromatic rings. The summed E-state index contributed by atoms with van der Waals surface area (Å²) >= 11 is 0. The first kappa shape index (κ1) is 20.4. The van der Waals surface area contributed by atoms with Crippen LogP contribution in [0.2, 0.25) is 0 Å². The van der Waals surface area contributed by atoms with Gasteiger partial charge in [0.25, 0.3) is 10.0 Å². The lowest BCUT2D eigenvalue weighted by molar-refractivity contribution is 0.601. The van der Waals surface area contributed by atoms with Gasteiger partial charge in [0.1, 0.15) is 0 Å². The van der Waals surface area contributed by atoms with Crippen LogP contribution in [-0.2, 0) is 10.0 Å². The second-order valence-corrected chi connectivity index (χ2v) is 8.66. The van der Waals surface area contributed by atoms with Gasteiger partial charge in [0.15, 0.2) is 0 Å². The number of para-hydroxylation sites is 1. The van der Waals surface area contributed by atoms with Crippen molar-refractivity contribution in [1.82, 2.24) is 4.98 Å². The number of benzene rings is 3. The fourth-order valence-electron chi connectivity index (χ4n) is 3.17. The molecule has 0 unspecified atom stereocenters. The van der Waals surface area contributed by atoms with E-state index in [1.165, 1.54) is 0 Å². The van der Waals surface area contributed by atoms with Crippen molar-refractivity contribution in [2.24, 2.45) is 0 Å². The van der Waals surface area contributed by atoms with Crippen LogP contribution in [0.5, 0.6) is 0 Å². The Morgan fingerprint density at radius 1 is 0.806 bits per heavy atom. The van der Waals surface area contributed by atoms with E-state index >= 15 is 0 Å². The number of hydrogen-bond donors (Lipinski definition) is 1. The van der Waals surface area contributed by atoms with E-state index in [1.54, 1.807) is 48.8 Å². The van der Waals surface area contributed by atoms with Gasteiger partial charge in [-0.2, -0.15) is 0 Å². The van der Waals surface area contributed by atoms with Gasteiger partial charge in [-0.3, -0.25) is 9.71 Å². The summed E-state index contributed by atoms with van der Waals surface area (Å²) in [6.07, 6.45) is 3.34. The van der Waals surface area contributed by atoms with E-state index in [9.17, 15) is 8.42 Å². The zero-order valence-electron chi connectivity index (χ0n) is 16.9. The molecule has 0 bridgehead atoms. The molecule has 0 saturated heterocycles. The van der Waals surface area contributed by atoms with Crippen molar-refractivity contribution in [3.63, 3.8) is 0 Å². The molecule has 3 aromatic carbocycles. The third-order valence-corrected chi connectivity index (χ3v) is 6.18. The second-order valence-electron chi connectivity index (χ2n) is 6.98. The Bertz CT molecular complexity index is 1370. The first-order valence-electron chi connectivity index (χ1n) is 9.73. The van der Waals surface area contributed by atoms with Crippen LogP contribution in [0.25, 0.3) is 11.1 Å². The molecule has 1 aromatic heterocycles. The summed E-state index contributed by atoms with van der Waals surface area (Å²) in [5.41, 5.74) is 4.97. The summed E-state index contributed by atoms with van der Waals surface area (Å²) in [6, 6.07) is 25.6. The van der Waals surface area contributed by atoms with E-state index in [0.29, 0.717) is 11.3 Å². The Kier molecular flexibility index (Phi) is 5.83. The summed E-state index contributed by atoms with van der Waals surface area (Å²) < 4.78 is 28.6. The Morgan fingerprint density at radius 3 is 2.29 bits per heavy atom. The summed E-state index contributed by atoms with van der Waals surface area (Å²) in [5, 5.41) is 0. The molecular formula is C26H20N2O2S. The van der Waals surface area contributed by atoms with Crippen LogP contribution >= 0.6 is 0 Å². The van der Waals surface area contributed by atoms with E-state index in [1.807, 2.05) is 55.5 Å². The van der Waals surface area contributed by atoms with Gasteiger partial charge in [0.2, 0.25) is 0 Å². The van der Waals surface area contributed by atoms with Crippen molar-refractivity contribution in [2.45, 2.75) is 11.8 Å². The third-order valence-electron chi connectivity index (χ3n) is 4.80. The van der Waals surface area contributed by atoms with Crippen LogP contribution in [-0.4, -0.2) is 13.4 Å². The largest absolute Gasteiger partial charge is 0.278 e. The zero-order valence-corrected chi connectivity index (χ0v) is 17.7. The minimum atomic E-state index is -3.76. The molecule has 152 valence electrons. The number of sulfonamides is 1. The predicted octanol–water partition coefficient (Wildman–Crippen LogP) is 5.26. The van der Waals surface area contributed by atoms with Crippen molar-refractivity contribution in [3.8, 4) is 23.0 Å². The van der Waals surface area contributed by atoms with Crippen LogP contribution < -0.4 is 4.72 Å².